The minimum atomic E-state index is -0.197. The van der Waals surface area contributed by atoms with Gasteiger partial charge in [-0.2, -0.15) is 0 Å². The zero-order valence-electron chi connectivity index (χ0n) is 14.1. The summed E-state index contributed by atoms with van der Waals surface area (Å²) in [5.41, 5.74) is 2.08. The maximum Gasteiger partial charge on any atom is 0.147 e. The summed E-state index contributed by atoms with van der Waals surface area (Å²) in [5, 5.41) is 3.58. The molecule has 3 heterocycles. The fourth-order valence-electron chi connectivity index (χ4n) is 4.13. The van der Waals surface area contributed by atoms with Crippen LogP contribution in [-0.2, 0) is 0 Å². The van der Waals surface area contributed by atoms with Crippen molar-refractivity contribution in [1.82, 2.24) is 10.3 Å². The van der Waals surface area contributed by atoms with Crippen LogP contribution in [-0.4, -0.2) is 30.7 Å². The molecule has 1 aliphatic carbocycles. The van der Waals surface area contributed by atoms with Crippen LogP contribution < -0.4 is 15.0 Å². The molecular weight excluding hydrogens is 317 g/mol. The number of aromatic nitrogens is 1. The van der Waals surface area contributed by atoms with Gasteiger partial charge in [-0.05, 0) is 49.3 Å². The predicted molar refractivity (Wildman–Crippen MR) is 94.8 cm³/mol. The Kier molecular flexibility index (Phi) is 3.63. The number of pyridine rings is 1. The molecule has 2 aliphatic heterocycles. The van der Waals surface area contributed by atoms with Crippen LogP contribution in [0.1, 0.15) is 30.7 Å². The highest BCUT2D eigenvalue weighted by atomic mass is 19.1. The van der Waals surface area contributed by atoms with E-state index >= 15 is 0 Å². The van der Waals surface area contributed by atoms with E-state index in [4.69, 9.17) is 4.74 Å². The first-order valence-corrected chi connectivity index (χ1v) is 9.15. The van der Waals surface area contributed by atoms with E-state index in [1.807, 2.05) is 6.20 Å². The Balaban J connectivity index is 1.38. The minimum absolute atomic E-state index is 0.197. The van der Waals surface area contributed by atoms with Gasteiger partial charge >= 0.3 is 0 Å². The molecule has 2 saturated heterocycles. The monoisotopic (exact) mass is 339 g/mol. The quantitative estimate of drug-likeness (QED) is 0.922. The number of anilines is 1. The van der Waals surface area contributed by atoms with Crippen molar-refractivity contribution in [2.45, 2.75) is 31.2 Å². The lowest BCUT2D eigenvalue weighted by Gasteiger charge is -2.32. The minimum Gasteiger partial charge on any atom is -0.455 e. The Morgan fingerprint density at radius 2 is 2.08 bits per heavy atom. The Morgan fingerprint density at radius 1 is 1.16 bits per heavy atom. The van der Waals surface area contributed by atoms with Gasteiger partial charge in [0.2, 0.25) is 0 Å². The van der Waals surface area contributed by atoms with Crippen molar-refractivity contribution in [3.63, 3.8) is 0 Å². The second kappa shape index (κ2) is 5.99. The number of nitrogens with one attached hydrogen (secondary N) is 1. The van der Waals surface area contributed by atoms with Crippen molar-refractivity contribution in [2.75, 3.05) is 24.5 Å². The summed E-state index contributed by atoms with van der Waals surface area (Å²) >= 11 is 0. The SMILES string of the molecule is Fc1ccc(Oc2cncc(N3CC4CNC(C4)C3)c2)c(C2CC2)c1. The van der Waals surface area contributed by atoms with Crippen LogP contribution >= 0.6 is 0 Å². The summed E-state index contributed by atoms with van der Waals surface area (Å²) in [5.74, 6) is 2.44. The maximum atomic E-state index is 13.6. The molecular formula is C20H22FN3O. The molecule has 2 unspecified atom stereocenters. The Bertz CT molecular complexity index is 780. The summed E-state index contributed by atoms with van der Waals surface area (Å²) in [6.45, 7) is 3.20. The third-order valence-corrected chi connectivity index (χ3v) is 5.51. The molecule has 130 valence electrons. The first kappa shape index (κ1) is 15.1. The second-order valence-corrected chi connectivity index (χ2v) is 7.55. The van der Waals surface area contributed by atoms with Crippen molar-refractivity contribution >= 4 is 5.69 Å². The number of hydrogen-bond donors (Lipinski definition) is 1. The summed E-state index contributed by atoms with van der Waals surface area (Å²) in [7, 11) is 0. The second-order valence-electron chi connectivity index (χ2n) is 7.55. The number of hydrogen-bond acceptors (Lipinski definition) is 4. The number of ether oxygens (including phenoxy) is 1. The van der Waals surface area contributed by atoms with Gasteiger partial charge in [-0.25, -0.2) is 4.39 Å². The van der Waals surface area contributed by atoms with Crippen molar-refractivity contribution in [2.24, 2.45) is 5.92 Å². The van der Waals surface area contributed by atoms with E-state index < -0.39 is 0 Å². The fourth-order valence-corrected chi connectivity index (χ4v) is 4.13. The van der Waals surface area contributed by atoms with Gasteiger partial charge < -0.3 is 15.0 Å². The summed E-state index contributed by atoms with van der Waals surface area (Å²) in [6, 6.07) is 7.45. The number of halogens is 1. The lowest BCUT2D eigenvalue weighted by atomic mass is 10.00. The lowest BCUT2D eigenvalue weighted by molar-refractivity contribution is 0.464. The smallest absolute Gasteiger partial charge is 0.147 e. The maximum absolute atomic E-state index is 13.6. The van der Waals surface area contributed by atoms with Gasteiger partial charge in [0.05, 0.1) is 18.1 Å². The molecule has 1 aromatic heterocycles. The number of piperidine rings is 1. The first-order chi connectivity index (χ1) is 12.2. The predicted octanol–water partition coefficient (Wildman–Crippen LogP) is 3.69. The average molecular weight is 339 g/mol. The van der Waals surface area contributed by atoms with E-state index in [-0.39, 0.29) is 5.82 Å². The normalized spacial score (nSPS) is 25.2. The molecule has 5 rings (SSSR count). The highest BCUT2D eigenvalue weighted by molar-refractivity contribution is 5.51. The standard InChI is InChI=1S/C20H22FN3O/c21-15-3-4-20(19(6-15)14-1-2-14)25-18-7-17(9-22-10-18)24-11-13-5-16(12-24)23-8-13/h3-4,6-7,9-10,13-14,16,23H,1-2,5,8,11-12H2. The van der Waals surface area contributed by atoms with Gasteiger partial charge in [0, 0.05) is 37.3 Å². The van der Waals surface area contributed by atoms with E-state index in [0.717, 1.165) is 61.1 Å². The van der Waals surface area contributed by atoms with Gasteiger partial charge in [0.1, 0.15) is 17.3 Å². The Morgan fingerprint density at radius 3 is 2.92 bits per heavy atom. The van der Waals surface area contributed by atoms with Crippen LogP contribution in [0.15, 0.2) is 36.7 Å². The van der Waals surface area contributed by atoms with Crippen molar-refractivity contribution in [3.05, 3.63) is 48.0 Å². The molecule has 0 amide bonds. The molecule has 0 radical (unpaired) electrons. The molecule has 3 aliphatic rings. The largest absolute Gasteiger partial charge is 0.455 e. The van der Waals surface area contributed by atoms with E-state index in [1.165, 1.54) is 12.5 Å². The third-order valence-electron chi connectivity index (χ3n) is 5.51. The van der Waals surface area contributed by atoms with E-state index in [9.17, 15) is 4.39 Å². The molecule has 1 saturated carbocycles. The lowest BCUT2D eigenvalue weighted by Crippen LogP contribution is -2.41. The van der Waals surface area contributed by atoms with E-state index in [2.05, 4.69) is 21.3 Å². The Hall–Kier alpha value is -2.14. The molecule has 5 heteroatoms. The van der Waals surface area contributed by atoms with Gasteiger partial charge in [0.25, 0.3) is 0 Å². The van der Waals surface area contributed by atoms with Gasteiger partial charge in [0.15, 0.2) is 0 Å². The van der Waals surface area contributed by atoms with Crippen molar-refractivity contribution in [3.8, 4) is 11.5 Å². The molecule has 2 atom stereocenters. The molecule has 1 aromatic carbocycles. The summed E-state index contributed by atoms with van der Waals surface area (Å²) in [6.07, 6.45) is 7.15. The van der Waals surface area contributed by atoms with Crippen LogP contribution in [0.4, 0.5) is 10.1 Å². The number of fused-ring (bicyclic) bond motifs is 2. The number of benzene rings is 1. The van der Waals surface area contributed by atoms with E-state index in [0.29, 0.717) is 12.0 Å². The number of nitrogens with zero attached hydrogens (tertiary/aromatic N) is 2. The molecule has 3 fully saturated rings. The molecule has 4 nitrogen and oxygen atoms in total. The average Bonchev–Trinajstić information content (AvgIpc) is 3.42. The van der Waals surface area contributed by atoms with E-state index in [1.54, 1.807) is 18.3 Å². The fraction of sp³-hybridized carbons (Fsp3) is 0.450. The zero-order valence-corrected chi connectivity index (χ0v) is 14.1. The number of rotatable bonds is 4. The van der Waals surface area contributed by atoms with Crippen LogP contribution in [0.3, 0.4) is 0 Å². The Labute approximate surface area is 147 Å². The molecule has 0 spiro atoms. The molecule has 2 bridgehead atoms. The molecule has 1 N–H and O–H groups in total. The highest BCUT2D eigenvalue weighted by Gasteiger charge is 2.33. The zero-order chi connectivity index (χ0) is 16.8. The van der Waals surface area contributed by atoms with Gasteiger partial charge in [-0.3, -0.25) is 4.98 Å². The van der Waals surface area contributed by atoms with Crippen LogP contribution in [0.5, 0.6) is 11.5 Å². The molecule has 25 heavy (non-hydrogen) atoms. The van der Waals surface area contributed by atoms with Crippen molar-refractivity contribution < 1.29 is 9.13 Å². The van der Waals surface area contributed by atoms with Crippen LogP contribution in [0.25, 0.3) is 0 Å². The van der Waals surface area contributed by atoms with Crippen LogP contribution in [0.2, 0.25) is 0 Å². The highest BCUT2D eigenvalue weighted by Crippen LogP contribution is 2.45. The molecule has 2 aromatic rings. The third kappa shape index (κ3) is 3.09. The summed E-state index contributed by atoms with van der Waals surface area (Å²) < 4.78 is 19.7. The van der Waals surface area contributed by atoms with Gasteiger partial charge in [-0.1, -0.05) is 0 Å². The van der Waals surface area contributed by atoms with Crippen molar-refractivity contribution in [1.29, 1.82) is 0 Å². The topological polar surface area (TPSA) is 37.4 Å². The summed E-state index contributed by atoms with van der Waals surface area (Å²) in [4.78, 5) is 6.77. The van der Waals surface area contributed by atoms with Gasteiger partial charge in [-0.15, -0.1) is 0 Å². The first-order valence-electron chi connectivity index (χ1n) is 9.15. The van der Waals surface area contributed by atoms with Crippen LogP contribution in [0, 0.1) is 11.7 Å².